The van der Waals surface area contributed by atoms with E-state index >= 15 is 0 Å². The molecule has 0 radical (unpaired) electrons. The number of carbonyl (C=O) groups excluding carboxylic acids is 1. The summed E-state index contributed by atoms with van der Waals surface area (Å²) in [7, 11) is 0. The molecule has 2 rings (SSSR count). The molecule has 1 aliphatic rings. The molecule has 0 aromatic carbocycles. The third-order valence-electron chi connectivity index (χ3n) is 2.55. The van der Waals surface area contributed by atoms with Crippen molar-refractivity contribution in [1.82, 2.24) is 15.2 Å². The van der Waals surface area contributed by atoms with Gasteiger partial charge in [-0.2, -0.15) is 0 Å². The molecule has 1 aromatic rings. The summed E-state index contributed by atoms with van der Waals surface area (Å²) in [4.78, 5) is 17.8. The zero-order valence-corrected chi connectivity index (χ0v) is 10.5. The molecule has 1 amide bonds. The first-order chi connectivity index (χ1) is 7.75. The number of nitrogens with zero attached hydrogens (tertiary/aromatic N) is 2. The topological polar surface area (TPSA) is 45.2 Å². The summed E-state index contributed by atoms with van der Waals surface area (Å²) in [6.45, 7) is 2.77. The molecule has 0 saturated carbocycles. The van der Waals surface area contributed by atoms with Gasteiger partial charge >= 0.3 is 0 Å². The second-order valence-electron chi connectivity index (χ2n) is 3.81. The first-order valence-corrected chi connectivity index (χ1v) is 6.14. The quantitative estimate of drug-likeness (QED) is 0.886. The van der Waals surface area contributed by atoms with E-state index in [1.165, 1.54) is 0 Å². The molecule has 16 heavy (non-hydrogen) atoms. The molecule has 0 aliphatic carbocycles. The van der Waals surface area contributed by atoms with Gasteiger partial charge in [-0.3, -0.25) is 9.78 Å². The van der Waals surface area contributed by atoms with Gasteiger partial charge in [-0.1, -0.05) is 0 Å². The van der Waals surface area contributed by atoms with Gasteiger partial charge in [0.15, 0.2) is 0 Å². The molecule has 1 N–H and O–H groups in total. The third-order valence-corrected chi connectivity index (χ3v) is 3.02. The van der Waals surface area contributed by atoms with E-state index in [4.69, 9.17) is 0 Å². The van der Waals surface area contributed by atoms with Crippen molar-refractivity contribution < 1.29 is 4.79 Å². The molecular formula is C11H14BrN3O. The van der Waals surface area contributed by atoms with Crippen LogP contribution in [0.4, 0.5) is 0 Å². The van der Waals surface area contributed by atoms with Crippen molar-refractivity contribution in [1.29, 1.82) is 0 Å². The zero-order chi connectivity index (χ0) is 11.4. The van der Waals surface area contributed by atoms with E-state index in [0.717, 1.165) is 29.7 Å². The Labute approximate surface area is 103 Å². The number of hydrogen-bond donors (Lipinski definition) is 1. The summed E-state index contributed by atoms with van der Waals surface area (Å²) in [5, 5.41) is 3.10. The normalized spacial score (nSPS) is 17.3. The maximum Gasteiger partial charge on any atom is 0.236 e. The third kappa shape index (κ3) is 3.02. The van der Waals surface area contributed by atoms with E-state index in [9.17, 15) is 4.79 Å². The van der Waals surface area contributed by atoms with Gasteiger partial charge in [0.1, 0.15) is 0 Å². The molecule has 4 nitrogen and oxygen atoms in total. The summed E-state index contributed by atoms with van der Waals surface area (Å²) < 4.78 is 0.958. The Bertz CT molecular complexity index is 366. The molecule has 5 heteroatoms. The highest BCUT2D eigenvalue weighted by Crippen LogP contribution is 2.10. The fourth-order valence-electron chi connectivity index (χ4n) is 1.69. The fourth-order valence-corrected chi connectivity index (χ4v) is 1.92. The van der Waals surface area contributed by atoms with Gasteiger partial charge in [-0.15, -0.1) is 0 Å². The smallest absolute Gasteiger partial charge is 0.236 e. The molecule has 86 valence electrons. The van der Waals surface area contributed by atoms with Crippen LogP contribution in [-0.4, -0.2) is 35.4 Å². The molecule has 1 aromatic heterocycles. The Morgan fingerprint density at radius 1 is 1.50 bits per heavy atom. The predicted octanol–water partition coefficient (Wildman–Crippen LogP) is 1.17. The van der Waals surface area contributed by atoms with Gasteiger partial charge in [-0.05, 0) is 41.0 Å². The number of pyridine rings is 1. The van der Waals surface area contributed by atoms with Crippen LogP contribution in [0.25, 0.3) is 0 Å². The summed E-state index contributed by atoms with van der Waals surface area (Å²) in [6.07, 6.45) is 2.76. The minimum atomic E-state index is 0.155. The van der Waals surface area contributed by atoms with Crippen LogP contribution in [0.1, 0.15) is 12.1 Å². The van der Waals surface area contributed by atoms with Gasteiger partial charge in [0, 0.05) is 17.2 Å². The highest BCUT2D eigenvalue weighted by Gasteiger charge is 2.16. The largest absolute Gasteiger partial charge is 0.336 e. The Morgan fingerprint density at radius 2 is 2.38 bits per heavy atom. The van der Waals surface area contributed by atoms with Crippen LogP contribution in [0.5, 0.6) is 0 Å². The van der Waals surface area contributed by atoms with E-state index in [1.54, 1.807) is 6.20 Å². The first-order valence-electron chi connectivity index (χ1n) is 5.34. The van der Waals surface area contributed by atoms with Crippen molar-refractivity contribution in [2.24, 2.45) is 0 Å². The molecule has 1 saturated heterocycles. The van der Waals surface area contributed by atoms with Crippen LogP contribution in [0.3, 0.4) is 0 Å². The van der Waals surface area contributed by atoms with Crippen molar-refractivity contribution in [3.05, 3.63) is 28.5 Å². The van der Waals surface area contributed by atoms with Crippen LogP contribution in [0.2, 0.25) is 0 Å². The molecule has 0 bridgehead atoms. The highest BCUT2D eigenvalue weighted by atomic mass is 79.9. The Morgan fingerprint density at radius 3 is 3.12 bits per heavy atom. The molecule has 0 spiro atoms. The lowest BCUT2D eigenvalue weighted by molar-refractivity contribution is -0.130. The average Bonchev–Trinajstić information content (AvgIpc) is 2.48. The van der Waals surface area contributed by atoms with Crippen molar-refractivity contribution in [3.63, 3.8) is 0 Å². The van der Waals surface area contributed by atoms with E-state index in [-0.39, 0.29) is 5.91 Å². The Kier molecular flexibility index (Phi) is 3.90. The number of halogens is 1. The van der Waals surface area contributed by atoms with E-state index in [2.05, 4.69) is 26.2 Å². The predicted molar refractivity (Wildman–Crippen MR) is 64.8 cm³/mol. The van der Waals surface area contributed by atoms with Crippen molar-refractivity contribution >= 4 is 21.8 Å². The molecule has 1 aliphatic heterocycles. The molecular weight excluding hydrogens is 270 g/mol. The Balaban J connectivity index is 2.02. The molecule has 1 fully saturated rings. The Hall–Kier alpha value is -0.940. The lowest BCUT2D eigenvalue weighted by Crippen LogP contribution is -2.34. The minimum absolute atomic E-state index is 0.155. The van der Waals surface area contributed by atoms with Crippen molar-refractivity contribution in [2.45, 2.75) is 13.0 Å². The number of nitrogens with one attached hydrogen (secondary N) is 1. The van der Waals surface area contributed by atoms with E-state index < -0.39 is 0 Å². The summed E-state index contributed by atoms with van der Waals surface area (Å²) in [6, 6.07) is 3.89. The van der Waals surface area contributed by atoms with Crippen LogP contribution in [0.15, 0.2) is 22.8 Å². The van der Waals surface area contributed by atoms with Crippen LogP contribution in [0, 0.1) is 0 Å². The van der Waals surface area contributed by atoms with E-state index in [0.29, 0.717) is 13.1 Å². The number of aromatic nitrogens is 1. The lowest BCUT2D eigenvalue weighted by atomic mass is 10.3. The summed E-state index contributed by atoms with van der Waals surface area (Å²) >= 11 is 3.34. The monoisotopic (exact) mass is 283 g/mol. The maximum atomic E-state index is 11.7. The maximum absolute atomic E-state index is 11.7. The molecule has 2 heterocycles. The average molecular weight is 284 g/mol. The molecule has 0 unspecified atom stereocenters. The summed E-state index contributed by atoms with van der Waals surface area (Å²) in [5.74, 6) is 0.155. The fraction of sp³-hybridized carbons (Fsp3) is 0.455. The van der Waals surface area contributed by atoms with Gasteiger partial charge in [0.2, 0.25) is 5.91 Å². The van der Waals surface area contributed by atoms with Gasteiger partial charge < -0.3 is 10.2 Å². The number of amides is 1. The number of rotatable bonds is 2. The number of carbonyl (C=O) groups is 1. The van der Waals surface area contributed by atoms with Crippen molar-refractivity contribution in [3.8, 4) is 0 Å². The second kappa shape index (κ2) is 5.41. The lowest BCUT2D eigenvalue weighted by Gasteiger charge is -2.19. The van der Waals surface area contributed by atoms with Gasteiger partial charge in [0.25, 0.3) is 0 Å². The van der Waals surface area contributed by atoms with E-state index in [1.807, 2.05) is 17.0 Å². The minimum Gasteiger partial charge on any atom is -0.336 e. The second-order valence-corrected chi connectivity index (χ2v) is 4.73. The highest BCUT2D eigenvalue weighted by molar-refractivity contribution is 9.10. The van der Waals surface area contributed by atoms with Gasteiger partial charge in [-0.25, -0.2) is 0 Å². The zero-order valence-electron chi connectivity index (χ0n) is 8.95. The number of hydrogen-bond acceptors (Lipinski definition) is 3. The SMILES string of the molecule is O=C1CNCCCN1Cc1ccc(Br)cn1. The standard InChI is InChI=1S/C11H14BrN3O/c12-9-2-3-10(14-6-9)8-15-5-1-4-13-7-11(15)16/h2-3,6,13H,1,4-5,7-8H2. The first kappa shape index (κ1) is 11.5. The van der Waals surface area contributed by atoms with Crippen LogP contribution in [-0.2, 0) is 11.3 Å². The van der Waals surface area contributed by atoms with Crippen LogP contribution < -0.4 is 5.32 Å². The van der Waals surface area contributed by atoms with Crippen LogP contribution >= 0.6 is 15.9 Å². The molecule has 0 atom stereocenters. The van der Waals surface area contributed by atoms with Crippen molar-refractivity contribution in [2.75, 3.05) is 19.6 Å². The summed E-state index contributed by atoms with van der Waals surface area (Å²) in [5.41, 5.74) is 0.929. The van der Waals surface area contributed by atoms with Gasteiger partial charge in [0.05, 0.1) is 18.8 Å².